The van der Waals surface area contributed by atoms with E-state index in [2.05, 4.69) is 56.7 Å². The number of rotatable bonds is 9. The zero-order valence-electron chi connectivity index (χ0n) is 30.9. The van der Waals surface area contributed by atoms with Gasteiger partial charge in [0.15, 0.2) is 3.92 Å². The van der Waals surface area contributed by atoms with E-state index in [0.29, 0.717) is 62.6 Å². The summed E-state index contributed by atoms with van der Waals surface area (Å²) < 4.78 is 35.3. The van der Waals surface area contributed by atoms with Crippen molar-refractivity contribution in [2.75, 3.05) is 14.2 Å². The SMILES string of the molecule is CO.COc1ncc(CNC(=O)c2cncc3c2cnn3-c2ccc(F)cc2)s1.O=C(NCc1cnc(Br)s1)c1cncc2c1cnn2-c1ccc(F)cc1.[CH3-].[Na+]. The van der Waals surface area contributed by atoms with Gasteiger partial charge in [-0.1, -0.05) is 11.3 Å². The molecule has 3 N–H and O–H groups in total. The molecule has 6 heterocycles. The van der Waals surface area contributed by atoms with E-state index in [-0.39, 0.29) is 60.4 Å². The number of nitrogens with one attached hydrogen (secondary N) is 2. The molecule has 0 saturated carbocycles. The number of fused-ring (bicyclic) bond motifs is 2. The fourth-order valence-corrected chi connectivity index (χ4v) is 7.14. The number of aliphatic hydroxyl groups excluding tert-OH is 1. The Balaban J connectivity index is 0.000000234. The fraction of sp³-hybridized carbons (Fsp3) is 0.108. The third kappa shape index (κ3) is 10.7. The van der Waals surface area contributed by atoms with E-state index >= 15 is 0 Å². The normalized spacial score (nSPS) is 10.3. The summed E-state index contributed by atoms with van der Waals surface area (Å²) in [5.74, 6) is -1.16. The van der Waals surface area contributed by atoms with Crippen LogP contribution >= 0.6 is 38.6 Å². The van der Waals surface area contributed by atoms with E-state index < -0.39 is 0 Å². The van der Waals surface area contributed by atoms with Crippen LogP contribution in [-0.4, -0.2) is 70.6 Å². The number of aromatic nitrogens is 8. The minimum absolute atomic E-state index is 0. The van der Waals surface area contributed by atoms with Gasteiger partial charge < -0.3 is 27.9 Å². The average Bonchev–Trinajstić information content (AvgIpc) is 4.04. The second-order valence-corrected chi connectivity index (χ2v) is 14.5. The van der Waals surface area contributed by atoms with Gasteiger partial charge >= 0.3 is 29.6 Å². The first-order valence-corrected chi connectivity index (χ1v) is 18.5. The standard InChI is InChI=1S/C18H14FN5O2S.C17H11BrFN5OS.CH4O.CH3.Na/c1-26-18-22-7-13(27-18)6-21-17(25)15-8-20-10-16-14(15)9-23-24(16)12-4-2-11(19)3-5-12;18-17-22-6-12(26-17)5-21-16(25)14-7-20-9-15-13(14)8-23-24(15)11-3-1-10(19)2-4-11;1-2;;/h2-5,7-10H,6H2,1H3,(H,21,25);1-4,6-9H,5H2,(H,21,25);2H,1H3;1H3;/q;;;-1;+1. The Labute approximate surface area is 363 Å². The number of pyridine rings is 2. The summed E-state index contributed by atoms with van der Waals surface area (Å²) in [6.45, 7) is 0.715. The number of aliphatic hydroxyl groups is 1. The molecule has 2 amide bonds. The Hall–Kier alpha value is -5.02. The van der Waals surface area contributed by atoms with Crippen LogP contribution in [0.1, 0.15) is 30.5 Å². The molecule has 0 spiro atoms. The van der Waals surface area contributed by atoms with E-state index in [1.165, 1.54) is 59.3 Å². The number of halogens is 3. The van der Waals surface area contributed by atoms with Gasteiger partial charge in [0.25, 0.3) is 17.0 Å². The molecular formula is C37H32BrF2N10NaO4S2. The van der Waals surface area contributed by atoms with Gasteiger partial charge in [-0.15, -0.1) is 11.3 Å². The second kappa shape index (κ2) is 20.9. The Bertz CT molecular complexity index is 2570. The van der Waals surface area contributed by atoms with Crippen LogP contribution in [0.25, 0.3) is 33.2 Å². The molecule has 0 saturated heterocycles. The summed E-state index contributed by atoms with van der Waals surface area (Å²) >= 11 is 6.12. The third-order valence-electron chi connectivity index (χ3n) is 7.70. The molecule has 288 valence electrons. The summed E-state index contributed by atoms with van der Waals surface area (Å²) in [6, 6.07) is 11.9. The molecule has 0 radical (unpaired) electrons. The number of methoxy groups -OCH3 is 1. The maximum Gasteiger partial charge on any atom is 1.00 e. The maximum absolute atomic E-state index is 13.2. The third-order valence-corrected chi connectivity index (χ3v) is 10.1. The van der Waals surface area contributed by atoms with Crippen molar-refractivity contribution in [3.8, 4) is 16.6 Å². The first-order valence-electron chi connectivity index (χ1n) is 16.0. The molecule has 0 aliphatic carbocycles. The molecular weight excluding hydrogens is 853 g/mol. The number of carbonyl (C=O) groups excluding carboxylic acids is 2. The number of carbonyl (C=O) groups is 2. The molecule has 8 aromatic rings. The van der Waals surface area contributed by atoms with E-state index in [1.807, 2.05) is 0 Å². The number of ether oxygens (including phenoxy) is 1. The van der Waals surface area contributed by atoms with Crippen molar-refractivity contribution in [3.63, 3.8) is 0 Å². The molecule has 14 nitrogen and oxygen atoms in total. The van der Waals surface area contributed by atoms with Gasteiger partial charge in [-0.25, -0.2) is 28.1 Å². The van der Waals surface area contributed by atoms with Crippen molar-refractivity contribution in [1.29, 1.82) is 0 Å². The van der Waals surface area contributed by atoms with Crippen LogP contribution in [0.15, 0.2) is 102 Å². The Morgan fingerprint density at radius 2 is 1.14 bits per heavy atom. The first-order chi connectivity index (χ1) is 26.8. The van der Waals surface area contributed by atoms with E-state index in [1.54, 1.807) is 77.9 Å². The minimum Gasteiger partial charge on any atom is -0.473 e. The molecule has 0 aliphatic heterocycles. The molecule has 2 aromatic carbocycles. The molecule has 8 rings (SSSR count). The number of amides is 2. The molecule has 0 bridgehead atoms. The van der Waals surface area contributed by atoms with Crippen LogP contribution in [0, 0.1) is 19.1 Å². The maximum atomic E-state index is 13.2. The van der Waals surface area contributed by atoms with Gasteiger partial charge in [-0.05, 0) is 64.5 Å². The molecule has 6 aromatic heterocycles. The fourth-order valence-electron chi connectivity index (χ4n) is 5.18. The van der Waals surface area contributed by atoms with Crippen molar-refractivity contribution in [3.05, 3.63) is 142 Å². The van der Waals surface area contributed by atoms with E-state index in [4.69, 9.17) is 9.84 Å². The van der Waals surface area contributed by atoms with Crippen LogP contribution in [0.5, 0.6) is 5.19 Å². The van der Waals surface area contributed by atoms with Crippen molar-refractivity contribution >= 4 is 72.2 Å². The number of benzene rings is 2. The molecule has 0 aliphatic rings. The number of hydrogen-bond acceptors (Lipinski definition) is 12. The topological polar surface area (TPSA) is 175 Å². The monoisotopic (exact) mass is 884 g/mol. The van der Waals surface area contributed by atoms with Crippen LogP contribution in [0.4, 0.5) is 8.78 Å². The van der Waals surface area contributed by atoms with Crippen LogP contribution in [0.2, 0.25) is 0 Å². The number of nitrogens with zero attached hydrogens (tertiary/aromatic N) is 8. The van der Waals surface area contributed by atoms with Crippen LogP contribution in [-0.2, 0) is 13.1 Å². The van der Waals surface area contributed by atoms with Crippen molar-refractivity contribution in [1.82, 2.24) is 50.1 Å². The van der Waals surface area contributed by atoms with Crippen molar-refractivity contribution in [2.24, 2.45) is 0 Å². The van der Waals surface area contributed by atoms with Crippen molar-refractivity contribution < 1.29 is 57.8 Å². The Kier molecular flexibility index (Phi) is 16.4. The minimum atomic E-state index is -0.326. The molecule has 0 unspecified atom stereocenters. The molecule has 57 heavy (non-hydrogen) atoms. The first kappa shape index (κ1) is 44.7. The van der Waals surface area contributed by atoms with Crippen LogP contribution in [0.3, 0.4) is 0 Å². The summed E-state index contributed by atoms with van der Waals surface area (Å²) in [6.07, 6.45) is 12.8. The molecule has 0 fully saturated rings. The molecule has 20 heteroatoms. The quantitative estimate of drug-likeness (QED) is 0.143. The van der Waals surface area contributed by atoms with Gasteiger partial charge in [0.1, 0.15) is 11.6 Å². The zero-order valence-corrected chi connectivity index (χ0v) is 36.1. The summed E-state index contributed by atoms with van der Waals surface area (Å²) in [4.78, 5) is 43.5. The number of hydrogen-bond donors (Lipinski definition) is 3. The Morgan fingerprint density at radius 1 is 0.702 bits per heavy atom. The average molecular weight is 886 g/mol. The van der Waals surface area contributed by atoms with Gasteiger partial charge in [-0.3, -0.25) is 19.6 Å². The predicted molar refractivity (Wildman–Crippen MR) is 213 cm³/mol. The summed E-state index contributed by atoms with van der Waals surface area (Å²) in [5, 5.41) is 23.2. The number of thiazole rings is 2. The summed E-state index contributed by atoms with van der Waals surface area (Å²) in [5.41, 5.74) is 3.55. The molecule has 0 atom stereocenters. The predicted octanol–water partition coefficient (Wildman–Crippen LogP) is 3.73. The smallest absolute Gasteiger partial charge is 0.473 e. The van der Waals surface area contributed by atoms with Crippen LogP contribution < -0.4 is 44.9 Å². The van der Waals surface area contributed by atoms with E-state index in [9.17, 15) is 18.4 Å². The second-order valence-electron chi connectivity index (χ2n) is 11.0. The van der Waals surface area contributed by atoms with Crippen molar-refractivity contribution in [2.45, 2.75) is 13.1 Å². The van der Waals surface area contributed by atoms with Gasteiger partial charge in [0, 0.05) is 52.4 Å². The van der Waals surface area contributed by atoms with Gasteiger partial charge in [-0.2, -0.15) is 10.2 Å². The van der Waals surface area contributed by atoms with Gasteiger partial charge in [0.05, 0.1) is 78.5 Å². The summed E-state index contributed by atoms with van der Waals surface area (Å²) in [7, 11) is 2.55. The Morgan fingerprint density at radius 3 is 1.54 bits per heavy atom. The largest absolute Gasteiger partial charge is 1.00 e. The van der Waals surface area contributed by atoms with Gasteiger partial charge in [0.2, 0.25) is 0 Å². The van der Waals surface area contributed by atoms with E-state index in [0.717, 1.165) is 20.8 Å². The zero-order chi connectivity index (χ0) is 38.9.